The zero-order valence-corrected chi connectivity index (χ0v) is 22.7. The molecule has 9 nitrogen and oxygen atoms in total. The highest BCUT2D eigenvalue weighted by atomic mass is 32.1. The van der Waals surface area contributed by atoms with Crippen LogP contribution in [0.4, 0.5) is 0 Å². The van der Waals surface area contributed by atoms with Crippen molar-refractivity contribution >= 4 is 53.3 Å². The molecule has 1 N–H and O–H groups in total. The highest BCUT2D eigenvalue weighted by Gasteiger charge is 2.26. The number of fused-ring (bicyclic) bond motifs is 2. The van der Waals surface area contributed by atoms with Crippen LogP contribution in [0.3, 0.4) is 0 Å². The van der Waals surface area contributed by atoms with E-state index in [1.807, 2.05) is 36.0 Å². The summed E-state index contributed by atoms with van der Waals surface area (Å²) in [4.78, 5) is 17.9. The molecule has 0 aliphatic heterocycles. The highest BCUT2D eigenvalue weighted by Crippen LogP contribution is 2.31. The van der Waals surface area contributed by atoms with Crippen molar-refractivity contribution in [2.45, 2.75) is 52.5 Å². The molecule has 0 bridgehead atoms. The van der Waals surface area contributed by atoms with Crippen LogP contribution in [0.1, 0.15) is 26.6 Å². The van der Waals surface area contributed by atoms with Crippen LogP contribution in [0.25, 0.3) is 21.3 Å². The molecular formula is C24H32N6O3SSi. The molecule has 35 heavy (non-hydrogen) atoms. The first-order chi connectivity index (χ1) is 16.6. The first-order valence-electron chi connectivity index (χ1n) is 11.5. The number of rotatable bonds is 10. The van der Waals surface area contributed by atoms with Gasteiger partial charge in [-0.15, -0.1) is 11.3 Å². The lowest BCUT2D eigenvalue weighted by Crippen LogP contribution is -2.27. The van der Waals surface area contributed by atoms with E-state index in [-0.39, 0.29) is 19.1 Å². The van der Waals surface area contributed by atoms with Crippen molar-refractivity contribution in [1.29, 1.82) is 0 Å². The third-order valence-corrected chi connectivity index (χ3v) is 8.91. The van der Waals surface area contributed by atoms with E-state index in [1.54, 1.807) is 11.6 Å². The smallest absolute Gasteiger partial charge is 0.291 e. The van der Waals surface area contributed by atoms with Crippen LogP contribution < -0.4 is 0 Å². The largest absolute Gasteiger partial charge is 0.389 e. The van der Waals surface area contributed by atoms with Crippen LogP contribution in [-0.2, 0) is 31.7 Å². The molecule has 1 aromatic carbocycles. The average Bonchev–Trinajstić information content (AvgIpc) is 3.49. The van der Waals surface area contributed by atoms with Crippen molar-refractivity contribution in [3.05, 3.63) is 46.2 Å². The van der Waals surface area contributed by atoms with E-state index in [0.29, 0.717) is 23.1 Å². The summed E-state index contributed by atoms with van der Waals surface area (Å²) in [7, 11) is 0.655. The number of ether oxygens (including phenoxy) is 1. The monoisotopic (exact) mass is 512 g/mol. The highest BCUT2D eigenvalue weighted by molar-refractivity contribution is 7.18. The van der Waals surface area contributed by atoms with Gasteiger partial charge in [0.25, 0.3) is 5.91 Å². The van der Waals surface area contributed by atoms with Gasteiger partial charge >= 0.3 is 0 Å². The van der Waals surface area contributed by atoms with E-state index in [2.05, 4.69) is 41.5 Å². The number of thiazole rings is 1. The second-order valence-corrected chi connectivity index (χ2v) is 16.5. The Labute approximate surface area is 209 Å². The molecule has 1 amide bonds. The molecule has 3 heterocycles. The number of nitrogens with zero attached hydrogens (tertiary/aromatic N) is 6. The average molecular weight is 513 g/mol. The van der Waals surface area contributed by atoms with Gasteiger partial charge in [0.1, 0.15) is 17.4 Å². The Balaban J connectivity index is 1.55. The Morgan fingerprint density at radius 2 is 2.11 bits per heavy atom. The van der Waals surface area contributed by atoms with Crippen LogP contribution in [0.15, 0.2) is 29.5 Å². The van der Waals surface area contributed by atoms with Crippen molar-refractivity contribution in [2.75, 3.05) is 6.61 Å². The minimum atomic E-state index is -1.15. The summed E-state index contributed by atoms with van der Waals surface area (Å²) in [6, 6.07) is 7.03. The lowest BCUT2D eigenvalue weighted by molar-refractivity contribution is 0.0741. The first kappa shape index (κ1) is 25.2. The molecule has 0 atom stereocenters. The number of aryl methyl sites for hydroxylation is 2. The Morgan fingerprint density at radius 1 is 1.34 bits per heavy atom. The number of aromatic nitrogens is 4. The minimum absolute atomic E-state index is 0.122. The molecule has 0 spiro atoms. The Bertz CT molecular complexity index is 1350. The van der Waals surface area contributed by atoms with Gasteiger partial charge in [-0.2, -0.15) is 10.2 Å². The molecular weight excluding hydrogens is 480 g/mol. The summed E-state index contributed by atoms with van der Waals surface area (Å²) >= 11 is 1.39. The van der Waals surface area contributed by atoms with Crippen molar-refractivity contribution in [1.82, 2.24) is 24.3 Å². The summed E-state index contributed by atoms with van der Waals surface area (Å²) in [5.74, 6) is -0.255. The summed E-state index contributed by atoms with van der Waals surface area (Å²) < 4.78 is 10.4. The fourth-order valence-electron chi connectivity index (χ4n) is 4.07. The molecule has 4 aromatic rings. The lowest BCUT2D eigenvalue weighted by atomic mass is 10.1. The minimum Gasteiger partial charge on any atom is -0.389 e. The van der Waals surface area contributed by atoms with Crippen molar-refractivity contribution in [3.63, 3.8) is 0 Å². The van der Waals surface area contributed by atoms with Gasteiger partial charge in [0.05, 0.1) is 29.6 Å². The molecule has 0 unspecified atom stereocenters. The van der Waals surface area contributed by atoms with E-state index >= 15 is 0 Å². The number of aliphatic hydroxyl groups is 1. The Morgan fingerprint density at radius 3 is 2.77 bits per heavy atom. The standard InChI is InChI=1S/C24H32N6O3SSi/c1-16-21(28(3)23-22(16)34-20(14-31)27-23)24(32)29(25-2)13-17-8-7-9-19-18(17)12-26-30(19)15-33-10-11-35(4,5)6/h7-9,12,31H,2,10-11,13-15H2,1,3-6H3. The maximum atomic E-state index is 13.5. The summed E-state index contributed by atoms with van der Waals surface area (Å²) in [5.41, 5.74) is 3.88. The fraction of sp³-hybridized carbons (Fsp3) is 0.417. The number of aliphatic hydroxyl groups excluding tert-OH is 1. The Hall–Kier alpha value is -2.86. The SMILES string of the molecule is C=NN(Cc1cccc2c1cnn2COCC[Si](C)(C)C)C(=O)c1c(C)c2sc(CO)nc2n1C. The molecule has 3 aromatic heterocycles. The van der Waals surface area contributed by atoms with Gasteiger partial charge in [-0.3, -0.25) is 4.79 Å². The number of carbonyl (C=O) groups excluding carboxylic acids is 1. The van der Waals surface area contributed by atoms with Crippen LogP contribution in [0.2, 0.25) is 25.7 Å². The normalized spacial score (nSPS) is 12.1. The molecule has 0 saturated carbocycles. The van der Waals surface area contributed by atoms with Gasteiger partial charge in [-0.1, -0.05) is 31.8 Å². The number of hydrazone groups is 1. The number of hydrogen-bond acceptors (Lipinski definition) is 7. The predicted octanol–water partition coefficient (Wildman–Crippen LogP) is 4.36. The number of amides is 1. The van der Waals surface area contributed by atoms with Crippen molar-refractivity contribution in [2.24, 2.45) is 12.1 Å². The van der Waals surface area contributed by atoms with E-state index < -0.39 is 8.07 Å². The third-order valence-electron chi connectivity index (χ3n) is 6.05. The quantitative estimate of drug-likeness (QED) is 0.147. The van der Waals surface area contributed by atoms with E-state index in [1.165, 1.54) is 16.3 Å². The number of benzene rings is 1. The van der Waals surface area contributed by atoms with Crippen LogP contribution >= 0.6 is 11.3 Å². The summed E-state index contributed by atoms with van der Waals surface area (Å²) in [6.45, 7) is 13.8. The van der Waals surface area contributed by atoms with E-state index in [4.69, 9.17) is 4.74 Å². The molecule has 11 heteroatoms. The van der Waals surface area contributed by atoms with Gasteiger partial charge in [-0.05, 0) is 30.2 Å². The van der Waals surface area contributed by atoms with Crippen LogP contribution in [0, 0.1) is 6.92 Å². The van der Waals surface area contributed by atoms with Crippen LogP contribution in [-0.4, -0.2) is 56.8 Å². The zero-order chi connectivity index (χ0) is 25.3. The van der Waals surface area contributed by atoms with Gasteiger partial charge in [0.2, 0.25) is 0 Å². The number of carbonyl (C=O) groups is 1. The van der Waals surface area contributed by atoms with E-state index in [0.717, 1.165) is 39.4 Å². The van der Waals surface area contributed by atoms with Gasteiger partial charge in [0, 0.05) is 33.8 Å². The van der Waals surface area contributed by atoms with E-state index in [9.17, 15) is 9.90 Å². The second kappa shape index (κ2) is 10.0. The third kappa shape index (κ3) is 5.08. The zero-order valence-electron chi connectivity index (χ0n) is 20.9. The van der Waals surface area contributed by atoms with Gasteiger partial charge < -0.3 is 14.4 Å². The maximum absolute atomic E-state index is 13.5. The van der Waals surface area contributed by atoms with Crippen LogP contribution in [0.5, 0.6) is 0 Å². The predicted molar refractivity (Wildman–Crippen MR) is 143 cm³/mol. The summed E-state index contributed by atoms with van der Waals surface area (Å²) in [5, 5.41) is 20.9. The molecule has 0 aliphatic carbocycles. The molecule has 0 fully saturated rings. The van der Waals surface area contributed by atoms with Gasteiger partial charge in [-0.25, -0.2) is 14.7 Å². The van der Waals surface area contributed by atoms with Crippen molar-refractivity contribution in [3.8, 4) is 0 Å². The second-order valence-electron chi connectivity index (χ2n) is 9.80. The molecule has 186 valence electrons. The Kier molecular flexibility index (Phi) is 7.22. The molecule has 0 saturated heterocycles. The lowest BCUT2D eigenvalue weighted by Gasteiger charge is -2.18. The maximum Gasteiger partial charge on any atom is 0.291 e. The molecule has 0 aliphatic rings. The first-order valence-corrected chi connectivity index (χ1v) is 16.0. The summed E-state index contributed by atoms with van der Waals surface area (Å²) in [6.07, 6.45) is 1.81. The fourth-order valence-corrected chi connectivity index (χ4v) is 5.78. The number of hydrogen-bond donors (Lipinski definition) is 1. The molecule has 0 radical (unpaired) electrons. The molecule has 4 rings (SSSR count). The van der Waals surface area contributed by atoms with Gasteiger partial charge in [0.15, 0.2) is 5.65 Å². The topological polar surface area (TPSA) is 97.8 Å². The van der Waals surface area contributed by atoms with Crippen molar-refractivity contribution < 1.29 is 14.6 Å².